The summed E-state index contributed by atoms with van der Waals surface area (Å²) >= 11 is 3.52. The Morgan fingerprint density at radius 1 is 1.26 bits per heavy atom. The van der Waals surface area contributed by atoms with Crippen molar-refractivity contribution < 1.29 is 14.3 Å². The molecule has 2 aromatic rings. The lowest BCUT2D eigenvalue weighted by molar-refractivity contribution is -0.150. The third-order valence-corrected chi connectivity index (χ3v) is 3.57. The highest BCUT2D eigenvalue weighted by Crippen LogP contribution is 2.33. The third kappa shape index (κ3) is 3.07. The highest BCUT2D eigenvalue weighted by atomic mass is 79.9. The molecule has 0 saturated carbocycles. The van der Waals surface area contributed by atoms with Crippen LogP contribution in [0.1, 0.15) is 13.8 Å². The zero-order valence-electron chi connectivity index (χ0n) is 10.9. The van der Waals surface area contributed by atoms with Gasteiger partial charge in [0.2, 0.25) is 0 Å². The van der Waals surface area contributed by atoms with E-state index < -0.39 is 6.10 Å². The fourth-order valence-electron chi connectivity index (χ4n) is 1.80. The number of hydrogen-bond donors (Lipinski definition) is 0. The van der Waals surface area contributed by atoms with Crippen molar-refractivity contribution in [2.24, 2.45) is 0 Å². The smallest absolute Gasteiger partial charge is 0.347 e. The van der Waals surface area contributed by atoms with Gasteiger partial charge in [0.25, 0.3) is 0 Å². The van der Waals surface area contributed by atoms with Crippen LogP contribution in [0.2, 0.25) is 0 Å². The number of hydrogen-bond acceptors (Lipinski definition) is 3. The minimum absolute atomic E-state index is 0.353. The SMILES string of the molecule is CCOC(=O)C(C)Oc1ccc2ccccc2c1Br. The molecule has 0 aliphatic rings. The summed E-state index contributed by atoms with van der Waals surface area (Å²) in [6.07, 6.45) is -0.627. The van der Waals surface area contributed by atoms with Crippen LogP contribution in [0, 0.1) is 0 Å². The normalized spacial score (nSPS) is 12.2. The van der Waals surface area contributed by atoms with Gasteiger partial charge in [-0.2, -0.15) is 0 Å². The van der Waals surface area contributed by atoms with Gasteiger partial charge in [0.05, 0.1) is 11.1 Å². The number of halogens is 1. The third-order valence-electron chi connectivity index (χ3n) is 2.75. The van der Waals surface area contributed by atoms with Crippen molar-refractivity contribution in [2.75, 3.05) is 6.61 Å². The van der Waals surface area contributed by atoms with E-state index in [1.165, 1.54) is 0 Å². The maximum absolute atomic E-state index is 11.6. The van der Waals surface area contributed by atoms with Crippen molar-refractivity contribution >= 4 is 32.7 Å². The summed E-state index contributed by atoms with van der Waals surface area (Å²) in [4.78, 5) is 11.6. The molecule has 2 aromatic carbocycles. The second-order valence-electron chi connectivity index (χ2n) is 4.11. The van der Waals surface area contributed by atoms with E-state index in [2.05, 4.69) is 15.9 Å². The van der Waals surface area contributed by atoms with Crippen LogP contribution >= 0.6 is 15.9 Å². The summed E-state index contributed by atoms with van der Waals surface area (Å²) < 4.78 is 11.4. The standard InChI is InChI=1S/C15H15BrO3/c1-3-18-15(17)10(2)19-13-9-8-11-6-4-5-7-12(11)14(13)16/h4-10H,3H2,1-2H3. The number of esters is 1. The molecular formula is C15H15BrO3. The Balaban J connectivity index is 2.26. The molecule has 0 spiro atoms. The largest absolute Gasteiger partial charge is 0.478 e. The van der Waals surface area contributed by atoms with Gasteiger partial charge in [-0.3, -0.25) is 0 Å². The van der Waals surface area contributed by atoms with Crippen LogP contribution < -0.4 is 4.74 Å². The van der Waals surface area contributed by atoms with Gasteiger partial charge in [0.1, 0.15) is 5.75 Å². The maximum atomic E-state index is 11.6. The molecule has 0 aromatic heterocycles. The van der Waals surface area contributed by atoms with Crippen molar-refractivity contribution in [1.29, 1.82) is 0 Å². The first kappa shape index (κ1) is 13.9. The highest BCUT2D eigenvalue weighted by Gasteiger charge is 2.17. The number of benzene rings is 2. The second-order valence-corrected chi connectivity index (χ2v) is 4.90. The molecule has 0 amide bonds. The first-order valence-electron chi connectivity index (χ1n) is 6.14. The van der Waals surface area contributed by atoms with Gasteiger partial charge in [-0.05, 0) is 46.6 Å². The van der Waals surface area contributed by atoms with E-state index in [1.807, 2.05) is 36.4 Å². The lowest BCUT2D eigenvalue weighted by Gasteiger charge is -2.15. The number of carbonyl (C=O) groups is 1. The van der Waals surface area contributed by atoms with Crippen LogP contribution in [0.3, 0.4) is 0 Å². The van der Waals surface area contributed by atoms with Gasteiger partial charge in [0.15, 0.2) is 6.10 Å². The van der Waals surface area contributed by atoms with Crippen molar-refractivity contribution in [3.05, 3.63) is 40.9 Å². The lowest BCUT2D eigenvalue weighted by atomic mass is 10.1. The van der Waals surface area contributed by atoms with E-state index >= 15 is 0 Å². The van der Waals surface area contributed by atoms with E-state index in [4.69, 9.17) is 9.47 Å². The molecule has 3 nitrogen and oxygen atoms in total. The van der Waals surface area contributed by atoms with Crippen molar-refractivity contribution in [2.45, 2.75) is 20.0 Å². The zero-order valence-corrected chi connectivity index (χ0v) is 12.4. The van der Waals surface area contributed by atoms with Gasteiger partial charge >= 0.3 is 5.97 Å². The number of fused-ring (bicyclic) bond motifs is 1. The predicted molar refractivity (Wildman–Crippen MR) is 78.4 cm³/mol. The molecule has 1 atom stereocenters. The first-order chi connectivity index (χ1) is 9.13. The van der Waals surface area contributed by atoms with Crippen LogP contribution in [-0.4, -0.2) is 18.7 Å². The van der Waals surface area contributed by atoms with Crippen molar-refractivity contribution in [3.8, 4) is 5.75 Å². The molecule has 0 saturated heterocycles. The molecule has 1 unspecified atom stereocenters. The van der Waals surface area contributed by atoms with E-state index in [-0.39, 0.29) is 5.97 Å². The summed E-state index contributed by atoms with van der Waals surface area (Å²) in [6, 6.07) is 11.8. The van der Waals surface area contributed by atoms with Crippen LogP contribution in [0.15, 0.2) is 40.9 Å². The van der Waals surface area contributed by atoms with E-state index in [9.17, 15) is 4.79 Å². The second kappa shape index (κ2) is 6.06. The molecule has 2 rings (SSSR count). The quantitative estimate of drug-likeness (QED) is 0.800. The van der Waals surface area contributed by atoms with Gasteiger partial charge in [-0.25, -0.2) is 4.79 Å². The summed E-state index contributed by atoms with van der Waals surface area (Å²) in [7, 11) is 0. The van der Waals surface area contributed by atoms with Crippen LogP contribution in [0.25, 0.3) is 10.8 Å². The molecule has 4 heteroatoms. The van der Waals surface area contributed by atoms with E-state index in [1.54, 1.807) is 13.8 Å². The predicted octanol–water partition coefficient (Wildman–Crippen LogP) is 3.93. The summed E-state index contributed by atoms with van der Waals surface area (Å²) in [5.74, 6) is 0.279. The Morgan fingerprint density at radius 3 is 2.74 bits per heavy atom. The van der Waals surface area contributed by atoms with Gasteiger partial charge in [-0.15, -0.1) is 0 Å². The monoisotopic (exact) mass is 322 g/mol. The molecule has 0 aliphatic carbocycles. The Hall–Kier alpha value is -1.55. The highest BCUT2D eigenvalue weighted by molar-refractivity contribution is 9.10. The average molecular weight is 323 g/mol. The summed E-state index contributed by atoms with van der Waals surface area (Å²) in [6.45, 7) is 3.81. The van der Waals surface area contributed by atoms with Crippen molar-refractivity contribution in [1.82, 2.24) is 0 Å². The molecule has 0 fully saturated rings. The summed E-state index contributed by atoms with van der Waals surface area (Å²) in [5, 5.41) is 2.17. The van der Waals surface area contributed by atoms with E-state index in [0.29, 0.717) is 12.4 Å². The topological polar surface area (TPSA) is 35.5 Å². The summed E-state index contributed by atoms with van der Waals surface area (Å²) in [5.41, 5.74) is 0. The molecular weight excluding hydrogens is 308 g/mol. The Kier molecular flexibility index (Phi) is 4.43. The molecule has 0 bridgehead atoms. The van der Waals surface area contributed by atoms with Crippen LogP contribution in [-0.2, 0) is 9.53 Å². The molecule has 0 aliphatic heterocycles. The minimum atomic E-state index is -0.627. The van der Waals surface area contributed by atoms with Gasteiger partial charge in [0, 0.05) is 0 Å². The van der Waals surface area contributed by atoms with Gasteiger partial charge in [-0.1, -0.05) is 30.3 Å². The fourth-order valence-corrected chi connectivity index (χ4v) is 2.39. The van der Waals surface area contributed by atoms with Crippen molar-refractivity contribution in [3.63, 3.8) is 0 Å². The average Bonchev–Trinajstić information content (AvgIpc) is 2.42. The Labute approximate surface area is 120 Å². The molecule has 0 N–H and O–H groups in total. The molecule has 100 valence electrons. The maximum Gasteiger partial charge on any atom is 0.347 e. The fraction of sp³-hybridized carbons (Fsp3) is 0.267. The minimum Gasteiger partial charge on any atom is -0.478 e. The molecule has 0 radical (unpaired) electrons. The number of ether oxygens (including phenoxy) is 2. The molecule has 19 heavy (non-hydrogen) atoms. The Bertz CT molecular complexity index is 595. The number of carbonyl (C=O) groups excluding carboxylic acids is 1. The lowest BCUT2D eigenvalue weighted by Crippen LogP contribution is -2.26. The first-order valence-corrected chi connectivity index (χ1v) is 6.93. The van der Waals surface area contributed by atoms with E-state index in [0.717, 1.165) is 15.2 Å². The van der Waals surface area contributed by atoms with Gasteiger partial charge < -0.3 is 9.47 Å². The van der Waals surface area contributed by atoms with Crippen LogP contribution in [0.4, 0.5) is 0 Å². The number of rotatable bonds is 4. The Morgan fingerprint density at radius 2 is 2.00 bits per heavy atom. The molecule has 0 heterocycles. The van der Waals surface area contributed by atoms with Crippen LogP contribution in [0.5, 0.6) is 5.75 Å². The zero-order chi connectivity index (χ0) is 13.8.